The van der Waals surface area contributed by atoms with Gasteiger partial charge in [0.15, 0.2) is 0 Å². The number of aliphatic hydroxyl groups is 1. The topological polar surface area (TPSA) is 66.8 Å². The van der Waals surface area contributed by atoms with E-state index in [1.807, 2.05) is 0 Å². The number of aliphatic carboxylic acids is 1. The fourth-order valence-corrected chi connectivity index (χ4v) is 1.62. The summed E-state index contributed by atoms with van der Waals surface area (Å²) in [4.78, 5) is 10.2. The number of carboxylic acid groups (broad SMARTS) is 1. The summed E-state index contributed by atoms with van der Waals surface area (Å²) in [5.74, 6) is -0.865. The molecule has 0 aromatic heterocycles. The smallest absolute Gasteiger partial charge is 0.305 e. The minimum absolute atomic E-state index is 0.00371. The first-order valence-corrected chi connectivity index (χ1v) is 6.64. The SMILES string of the molecule is CCCCCCCCC(O)COCCC(=O)O. The Morgan fingerprint density at radius 3 is 2.47 bits per heavy atom. The van der Waals surface area contributed by atoms with Crippen LogP contribution in [0, 0.1) is 0 Å². The molecule has 4 nitrogen and oxygen atoms in total. The number of aliphatic hydroxyl groups excluding tert-OH is 1. The number of ether oxygens (including phenoxy) is 1. The lowest BCUT2D eigenvalue weighted by atomic mass is 10.1. The highest BCUT2D eigenvalue weighted by atomic mass is 16.5. The molecule has 0 fully saturated rings. The Labute approximate surface area is 104 Å². The number of carbonyl (C=O) groups is 1. The summed E-state index contributed by atoms with van der Waals surface area (Å²) >= 11 is 0. The van der Waals surface area contributed by atoms with Crippen molar-refractivity contribution in [2.24, 2.45) is 0 Å². The van der Waals surface area contributed by atoms with Gasteiger partial charge in [0.25, 0.3) is 0 Å². The standard InChI is InChI=1S/C13H26O4/c1-2-3-4-5-6-7-8-12(14)11-17-10-9-13(15)16/h12,14H,2-11H2,1H3,(H,15,16). The zero-order valence-electron chi connectivity index (χ0n) is 10.9. The summed E-state index contributed by atoms with van der Waals surface area (Å²) in [5.41, 5.74) is 0. The van der Waals surface area contributed by atoms with Crippen LogP contribution < -0.4 is 0 Å². The van der Waals surface area contributed by atoms with E-state index in [0.717, 1.165) is 19.3 Å². The van der Waals surface area contributed by atoms with Gasteiger partial charge in [0, 0.05) is 0 Å². The Morgan fingerprint density at radius 2 is 1.82 bits per heavy atom. The fourth-order valence-electron chi connectivity index (χ4n) is 1.62. The van der Waals surface area contributed by atoms with E-state index in [-0.39, 0.29) is 19.6 Å². The quantitative estimate of drug-likeness (QED) is 0.519. The van der Waals surface area contributed by atoms with Crippen LogP contribution in [0.15, 0.2) is 0 Å². The van der Waals surface area contributed by atoms with E-state index in [4.69, 9.17) is 9.84 Å². The van der Waals surface area contributed by atoms with Crippen LogP contribution in [0.1, 0.15) is 58.3 Å². The van der Waals surface area contributed by atoms with E-state index in [2.05, 4.69) is 6.92 Å². The highest BCUT2D eigenvalue weighted by Gasteiger charge is 2.04. The maximum absolute atomic E-state index is 10.2. The number of hydrogen-bond donors (Lipinski definition) is 2. The van der Waals surface area contributed by atoms with Gasteiger partial charge in [0.2, 0.25) is 0 Å². The van der Waals surface area contributed by atoms with Gasteiger partial charge in [-0.2, -0.15) is 0 Å². The minimum Gasteiger partial charge on any atom is -0.481 e. The molecule has 0 aliphatic rings. The molecule has 0 rings (SSSR count). The summed E-state index contributed by atoms with van der Waals surface area (Å²) < 4.78 is 5.07. The Balaban J connectivity index is 3.17. The van der Waals surface area contributed by atoms with E-state index in [1.54, 1.807) is 0 Å². The Hall–Kier alpha value is -0.610. The second-order valence-corrected chi connectivity index (χ2v) is 4.43. The third-order valence-electron chi connectivity index (χ3n) is 2.66. The molecule has 0 aromatic rings. The highest BCUT2D eigenvalue weighted by Crippen LogP contribution is 2.08. The van der Waals surface area contributed by atoms with Crippen molar-refractivity contribution in [2.75, 3.05) is 13.2 Å². The first-order chi connectivity index (χ1) is 8.16. The molecule has 2 N–H and O–H groups in total. The maximum atomic E-state index is 10.2. The predicted molar refractivity (Wildman–Crippen MR) is 67.1 cm³/mol. The molecule has 0 saturated heterocycles. The molecule has 0 aliphatic heterocycles. The van der Waals surface area contributed by atoms with Crippen molar-refractivity contribution in [2.45, 2.75) is 64.4 Å². The Kier molecular flexibility index (Phi) is 11.4. The lowest BCUT2D eigenvalue weighted by molar-refractivity contribution is -0.138. The molecule has 0 radical (unpaired) electrons. The molecule has 0 bridgehead atoms. The summed E-state index contributed by atoms with van der Waals surface area (Å²) in [7, 11) is 0. The van der Waals surface area contributed by atoms with E-state index in [0.29, 0.717) is 0 Å². The van der Waals surface area contributed by atoms with Gasteiger partial charge < -0.3 is 14.9 Å². The number of hydrogen-bond acceptors (Lipinski definition) is 3. The van der Waals surface area contributed by atoms with Gasteiger partial charge in [-0.3, -0.25) is 4.79 Å². The molecular formula is C13H26O4. The monoisotopic (exact) mass is 246 g/mol. The largest absolute Gasteiger partial charge is 0.481 e. The number of unbranched alkanes of at least 4 members (excludes halogenated alkanes) is 5. The summed E-state index contributed by atoms with van der Waals surface area (Å²) in [6, 6.07) is 0. The van der Waals surface area contributed by atoms with E-state index >= 15 is 0 Å². The molecule has 0 heterocycles. The molecule has 1 unspecified atom stereocenters. The van der Waals surface area contributed by atoms with E-state index in [1.165, 1.54) is 25.7 Å². The van der Waals surface area contributed by atoms with Crippen LogP contribution in [-0.4, -0.2) is 35.5 Å². The van der Waals surface area contributed by atoms with Crippen molar-refractivity contribution < 1.29 is 19.7 Å². The van der Waals surface area contributed by atoms with Gasteiger partial charge in [0.1, 0.15) is 0 Å². The van der Waals surface area contributed by atoms with Crippen molar-refractivity contribution in [1.82, 2.24) is 0 Å². The average Bonchev–Trinajstić information content (AvgIpc) is 2.29. The average molecular weight is 246 g/mol. The Morgan fingerprint density at radius 1 is 1.18 bits per heavy atom. The molecule has 0 spiro atoms. The van der Waals surface area contributed by atoms with Crippen LogP contribution in [-0.2, 0) is 9.53 Å². The third kappa shape index (κ3) is 13.3. The fraction of sp³-hybridized carbons (Fsp3) is 0.923. The van der Waals surface area contributed by atoms with Crippen LogP contribution in [0.2, 0.25) is 0 Å². The summed E-state index contributed by atoms with van der Waals surface area (Å²) in [5, 5.41) is 17.9. The second-order valence-electron chi connectivity index (χ2n) is 4.43. The molecular weight excluding hydrogens is 220 g/mol. The molecule has 102 valence electrons. The Bertz CT molecular complexity index is 182. The van der Waals surface area contributed by atoms with Gasteiger partial charge in [0.05, 0.1) is 25.7 Å². The highest BCUT2D eigenvalue weighted by molar-refractivity contribution is 5.66. The predicted octanol–water partition coefficient (Wildman–Crippen LogP) is 2.59. The van der Waals surface area contributed by atoms with Crippen LogP contribution in [0.3, 0.4) is 0 Å². The van der Waals surface area contributed by atoms with E-state index < -0.39 is 12.1 Å². The second kappa shape index (κ2) is 11.9. The molecule has 17 heavy (non-hydrogen) atoms. The van der Waals surface area contributed by atoms with Gasteiger partial charge >= 0.3 is 5.97 Å². The molecule has 4 heteroatoms. The van der Waals surface area contributed by atoms with Crippen LogP contribution >= 0.6 is 0 Å². The summed E-state index contributed by atoms with van der Waals surface area (Å²) in [6.45, 7) is 2.63. The molecule has 0 aliphatic carbocycles. The van der Waals surface area contributed by atoms with Crippen molar-refractivity contribution in [1.29, 1.82) is 0 Å². The maximum Gasteiger partial charge on any atom is 0.305 e. The zero-order chi connectivity index (χ0) is 12.9. The number of carboxylic acids is 1. The first-order valence-electron chi connectivity index (χ1n) is 6.64. The van der Waals surface area contributed by atoms with Crippen molar-refractivity contribution in [3.8, 4) is 0 Å². The summed E-state index contributed by atoms with van der Waals surface area (Å²) in [6.07, 6.45) is 7.54. The molecule has 1 atom stereocenters. The van der Waals surface area contributed by atoms with Crippen LogP contribution in [0.4, 0.5) is 0 Å². The molecule has 0 aromatic carbocycles. The van der Waals surface area contributed by atoms with E-state index in [9.17, 15) is 9.90 Å². The van der Waals surface area contributed by atoms with Crippen molar-refractivity contribution in [3.05, 3.63) is 0 Å². The minimum atomic E-state index is -0.865. The van der Waals surface area contributed by atoms with Crippen molar-refractivity contribution in [3.63, 3.8) is 0 Å². The normalized spacial score (nSPS) is 12.6. The van der Waals surface area contributed by atoms with Gasteiger partial charge in [-0.25, -0.2) is 0 Å². The van der Waals surface area contributed by atoms with Crippen molar-refractivity contribution >= 4 is 5.97 Å². The van der Waals surface area contributed by atoms with Crippen LogP contribution in [0.5, 0.6) is 0 Å². The molecule has 0 amide bonds. The lowest BCUT2D eigenvalue weighted by Crippen LogP contribution is -2.16. The lowest BCUT2D eigenvalue weighted by Gasteiger charge is -2.10. The van der Waals surface area contributed by atoms with Gasteiger partial charge in [-0.15, -0.1) is 0 Å². The molecule has 0 saturated carbocycles. The zero-order valence-corrected chi connectivity index (χ0v) is 10.9. The van der Waals surface area contributed by atoms with Gasteiger partial charge in [-0.05, 0) is 6.42 Å². The third-order valence-corrected chi connectivity index (χ3v) is 2.66. The van der Waals surface area contributed by atoms with Gasteiger partial charge in [-0.1, -0.05) is 45.4 Å². The van der Waals surface area contributed by atoms with Crippen LogP contribution in [0.25, 0.3) is 0 Å². The first kappa shape index (κ1) is 16.4. The number of rotatable bonds is 12.